The molecule has 0 aromatic rings. The predicted octanol–water partition coefficient (Wildman–Crippen LogP) is 24.2. The first-order chi connectivity index (χ1) is 40.0. The summed E-state index contributed by atoms with van der Waals surface area (Å²) in [5.41, 5.74) is 0. The molecule has 0 aliphatic carbocycles. The summed E-state index contributed by atoms with van der Waals surface area (Å²) in [6, 6.07) is 0. The monoisotopic (exact) mass is 1130 g/mol. The van der Waals surface area contributed by atoms with Crippen LogP contribution in [0.5, 0.6) is 0 Å². The topological polar surface area (TPSA) is 78.9 Å². The second kappa shape index (κ2) is 69.1. The number of hydrogen-bond acceptors (Lipinski definition) is 6. The summed E-state index contributed by atoms with van der Waals surface area (Å²) in [5.74, 6) is -0.896. The zero-order valence-electron chi connectivity index (χ0n) is 53.8. The zero-order chi connectivity index (χ0) is 58.5. The Morgan fingerprint density at radius 2 is 0.469 bits per heavy atom. The number of carbonyl (C=O) groups is 3. The second-order valence-corrected chi connectivity index (χ2v) is 23.4. The third-order valence-electron chi connectivity index (χ3n) is 15.3. The van der Waals surface area contributed by atoms with Gasteiger partial charge >= 0.3 is 17.9 Å². The van der Waals surface area contributed by atoms with Crippen LogP contribution in [0.25, 0.3) is 0 Å². The van der Waals surface area contributed by atoms with Gasteiger partial charge in [0.15, 0.2) is 6.10 Å². The van der Waals surface area contributed by atoms with Crippen LogP contribution in [0.4, 0.5) is 0 Å². The van der Waals surface area contributed by atoms with Gasteiger partial charge in [0, 0.05) is 19.3 Å². The van der Waals surface area contributed by atoms with Crippen LogP contribution in [0.3, 0.4) is 0 Å². The number of allylic oxidation sites excluding steroid dienone is 14. The van der Waals surface area contributed by atoms with Gasteiger partial charge in [-0.2, -0.15) is 0 Å². The highest BCUT2D eigenvalue weighted by Gasteiger charge is 2.19. The zero-order valence-corrected chi connectivity index (χ0v) is 53.8. The molecule has 6 heteroatoms. The number of carbonyl (C=O) groups excluding carboxylic acids is 3. The Kier molecular flexibility index (Phi) is 66.2. The molecule has 1 atom stereocenters. The van der Waals surface area contributed by atoms with E-state index in [9.17, 15) is 14.4 Å². The van der Waals surface area contributed by atoms with E-state index < -0.39 is 6.10 Å². The average molecular weight is 1130 g/mol. The number of hydrogen-bond donors (Lipinski definition) is 0. The Labute approximate surface area is 503 Å². The predicted molar refractivity (Wildman–Crippen MR) is 353 cm³/mol. The molecule has 0 N–H and O–H groups in total. The molecule has 0 spiro atoms. The van der Waals surface area contributed by atoms with Crippen LogP contribution in [-0.4, -0.2) is 37.2 Å². The fourth-order valence-corrected chi connectivity index (χ4v) is 10.1. The Bertz CT molecular complexity index is 1530. The normalized spacial score (nSPS) is 12.6. The minimum Gasteiger partial charge on any atom is -0.462 e. The average Bonchev–Trinajstić information content (AvgIpc) is 3.46. The van der Waals surface area contributed by atoms with Crippen molar-refractivity contribution in [2.75, 3.05) is 13.2 Å². The van der Waals surface area contributed by atoms with Gasteiger partial charge in [0.25, 0.3) is 0 Å². The second-order valence-electron chi connectivity index (χ2n) is 23.4. The van der Waals surface area contributed by atoms with Gasteiger partial charge in [-0.1, -0.05) is 305 Å². The van der Waals surface area contributed by atoms with Gasteiger partial charge < -0.3 is 14.2 Å². The molecule has 0 saturated heterocycles. The van der Waals surface area contributed by atoms with Crippen molar-refractivity contribution in [3.8, 4) is 0 Å². The lowest BCUT2D eigenvalue weighted by Crippen LogP contribution is -2.30. The maximum atomic E-state index is 12.9. The van der Waals surface area contributed by atoms with E-state index >= 15 is 0 Å². The van der Waals surface area contributed by atoms with Gasteiger partial charge in [-0.05, 0) is 116 Å². The van der Waals surface area contributed by atoms with E-state index in [0.717, 1.165) is 122 Å². The fraction of sp³-hybridized carbons (Fsp3) is 0.773. The molecular formula is C75H132O6. The summed E-state index contributed by atoms with van der Waals surface area (Å²) in [6.45, 7) is 6.57. The molecule has 0 aromatic carbocycles. The van der Waals surface area contributed by atoms with Gasteiger partial charge in [-0.25, -0.2) is 0 Å². The van der Waals surface area contributed by atoms with Crippen molar-refractivity contribution in [3.63, 3.8) is 0 Å². The summed E-state index contributed by atoms with van der Waals surface area (Å²) in [5, 5.41) is 0. The minimum atomic E-state index is -0.791. The van der Waals surface area contributed by atoms with Crippen molar-refractivity contribution < 1.29 is 28.6 Å². The summed E-state index contributed by atoms with van der Waals surface area (Å²) < 4.78 is 16.9. The Morgan fingerprint density at radius 3 is 0.741 bits per heavy atom. The molecular weight excluding hydrogens is 997 g/mol. The Morgan fingerprint density at radius 1 is 0.247 bits per heavy atom. The quantitative estimate of drug-likeness (QED) is 0.0261. The van der Waals surface area contributed by atoms with Gasteiger partial charge in [0.1, 0.15) is 13.2 Å². The molecule has 468 valence electrons. The smallest absolute Gasteiger partial charge is 0.306 e. The van der Waals surface area contributed by atoms with Gasteiger partial charge in [-0.3, -0.25) is 14.4 Å². The lowest BCUT2D eigenvalue weighted by atomic mass is 10.0. The van der Waals surface area contributed by atoms with Crippen LogP contribution in [0, 0.1) is 0 Å². The molecule has 0 fully saturated rings. The van der Waals surface area contributed by atoms with Crippen molar-refractivity contribution in [2.24, 2.45) is 0 Å². The van der Waals surface area contributed by atoms with Gasteiger partial charge in [0.2, 0.25) is 0 Å². The third-order valence-corrected chi connectivity index (χ3v) is 15.3. The first-order valence-electron chi connectivity index (χ1n) is 35.1. The molecule has 0 aromatic heterocycles. The first-order valence-corrected chi connectivity index (χ1v) is 35.1. The molecule has 0 amide bonds. The van der Waals surface area contributed by atoms with Crippen LogP contribution in [0.2, 0.25) is 0 Å². The third kappa shape index (κ3) is 67.3. The lowest BCUT2D eigenvalue weighted by molar-refractivity contribution is -0.167. The molecule has 0 rings (SSSR count). The maximum Gasteiger partial charge on any atom is 0.306 e. The molecule has 1 unspecified atom stereocenters. The standard InChI is InChI=1S/C75H132O6/c1-4-7-10-13-16-19-22-25-27-29-31-33-34-35-36-37-38-39-40-42-43-45-47-50-53-56-59-62-65-68-74(77)80-71-72(70-79-73(76)67-64-61-58-55-52-49-24-21-18-15-12-9-6-3)81-75(78)69-66-63-60-57-54-51-48-46-44-41-32-30-28-26-23-20-17-14-11-8-5-2/h12,15,21-26,29-32,44,46,72H,4-11,13-14,16-20,27-28,33-43,45,47-71H2,1-3H3/b15-12-,24-21-,25-22-,26-23-,31-29-,32-30-,46-44-. The lowest BCUT2D eigenvalue weighted by Gasteiger charge is -2.18. The fourth-order valence-electron chi connectivity index (χ4n) is 10.1. The minimum absolute atomic E-state index is 0.0843. The highest BCUT2D eigenvalue weighted by Crippen LogP contribution is 2.17. The van der Waals surface area contributed by atoms with Crippen molar-refractivity contribution in [3.05, 3.63) is 85.1 Å². The maximum absolute atomic E-state index is 12.9. The van der Waals surface area contributed by atoms with Crippen molar-refractivity contribution in [1.29, 1.82) is 0 Å². The number of unbranched alkanes of at least 4 members (excludes halogenated alkanes) is 39. The van der Waals surface area contributed by atoms with Crippen LogP contribution >= 0.6 is 0 Å². The molecule has 81 heavy (non-hydrogen) atoms. The van der Waals surface area contributed by atoms with Crippen LogP contribution in [-0.2, 0) is 28.6 Å². The SMILES string of the molecule is CCC/C=C\C/C=C\CCCCCCCC(=O)OCC(COC(=O)CCCCCCCCCCCCCCCCCCC/C=C\C/C=C\CCCCCCC)OC(=O)CCCCCCCC/C=C\C/C=C\C/C=C\CCCCCCC. The van der Waals surface area contributed by atoms with Gasteiger partial charge in [0.05, 0.1) is 0 Å². The van der Waals surface area contributed by atoms with E-state index in [1.165, 1.54) is 193 Å². The van der Waals surface area contributed by atoms with E-state index in [-0.39, 0.29) is 31.1 Å². The highest BCUT2D eigenvalue weighted by atomic mass is 16.6. The first kappa shape index (κ1) is 77.6. The van der Waals surface area contributed by atoms with Gasteiger partial charge in [-0.15, -0.1) is 0 Å². The summed E-state index contributed by atoms with van der Waals surface area (Å²) in [4.78, 5) is 38.4. The molecule has 0 saturated carbocycles. The van der Waals surface area contributed by atoms with E-state index in [1.54, 1.807) is 0 Å². The van der Waals surface area contributed by atoms with Crippen LogP contribution in [0.1, 0.15) is 355 Å². The largest absolute Gasteiger partial charge is 0.462 e. The van der Waals surface area contributed by atoms with E-state index in [1.807, 2.05) is 0 Å². The molecule has 0 bridgehead atoms. The highest BCUT2D eigenvalue weighted by molar-refractivity contribution is 5.71. The Hall–Kier alpha value is -3.41. The van der Waals surface area contributed by atoms with Crippen LogP contribution in [0.15, 0.2) is 85.1 Å². The van der Waals surface area contributed by atoms with E-state index in [2.05, 4.69) is 106 Å². The van der Waals surface area contributed by atoms with Crippen molar-refractivity contribution in [1.82, 2.24) is 0 Å². The number of esters is 3. The van der Waals surface area contributed by atoms with Crippen molar-refractivity contribution >= 4 is 17.9 Å². The molecule has 0 aliphatic heterocycles. The Balaban J connectivity index is 4.26. The van der Waals surface area contributed by atoms with Crippen LogP contribution < -0.4 is 0 Å². The number of ether oxygens (including phenoxy) is 3. The number of rotatable bonds is 64. The molecule has 0 radical (unpaired) electrons. The van der Waals surface area contributed by atoms with Crippen molar-refractivity contribution in [2.45, 2.75) is 361 Å². The van der Waals surface area contributed by atoms with E-state index in [4.69, 9.17) is 14.2 Å². The summed E-state index contributed by atoms with van der Waals surface area (Å²) in [7, 11) is 0. The molecule has 0 heterocycles. The van der Waals surface area contributed by atoms with E-state index in [0.29, 0.717) is 19.3 Å². The molecule has 6 nitrogen and oxygen atoms in total. The summed E-state index contributed by atoms with van der Waals surface area (Å²) >= 11 is 0. The summed E-state index contributed by atoms with van der Waals surface area (Å²) in [6.07, 6.45) is 91.8. The molecule has 0 aliphatic rings.